The number of rotatable bonds is 6. The third-order valence-corrected chi connectivity index (χ3v) is 4.49. The first-order chi connectivity index (χ1) is 8.45. The molecule has 18 heavy (non-hydrogen) atoms. The Kier molecular flexibility index (Phi) is 5.29. The molecular formula is C10H11NO5S2. The van der Waals surface area contributed by atoms with E-state index in [0.717, 1.165) is 11.3 Å². The van der Waals surface area contributed by atoms with Crippen LogP contribution in [0.3, 0.4) is 0 Å². The van der Waals surface area contributed by atoms with Crippen LogP contribution >= 0.6 is 23.1 Å². The van der Waals surface area contributed by atoms with E-state index in [1.165, 1.54) is 31.9 Å². The molecule has 1 rings (SSSR count). The van der Waals surface area contributed by atoms with Crippen LogP contribution in [0.4, 0.5) is 5.69 Å². The standard InChI is InChI=1S/C10H11NO5S2/c1-6(12)8-5-7(11(14)15)10(18-8)17-4-3-9(13)16-2/h5H,3-4H2,1-2H3. The Balaban J connectivity index is 2.77. The van der Waals surface area contributed by atoms with Crippen LogP contribution in [0.25, 0.3) is 0 Å². The number of thiophene rings is 1. The minimum atomic E-state index is -0.524. The van der Waals surface area contributed by atoms with Crippen molar-refractivity contribution in [1.29, 1.82) is 0 Å². The molecule has 1 heterocycles. The number of thioether (sulfide) groups is 1. The highest BCUT2D eigenvalue weighted by atomic mass is 32.2. The van der Waals surface area contributed by atoms with Crippen LogP contribution in [0.1, 0.15) is 23.0 Å². The first-order valence-electron chi connectivity index (χ1n) is 4.94. The minimum Gasteiger partial charge on any atom is -0.469 e. The van der Waals surface area contributed by atoms with Crippen molar-refractivity contribution < 1.29 is 19.2 Å². The molecule has 1 aromatic rings. The van der Waals surface area contributed by atoms with Gasteiger partial charge in [0.25, 0.3) is 5.69 Å². The fourth-order valence-electron chi connectivity index (χ4n) is 1.10. The molecule has 1 aromatic heterocycles. The van der Waals surface area contributed by atoms with Gasteiger partial charge >= 0.3 is 5.97 Å². The van der Waals surface area contributed by atoms with Gasteiger partial charge in [-0.3, -0.25) is 19.7 Å². The fourth-order valence-corrected chi connectivity index (χ4v) is 3.34. The molecule has 0 atom stereocenters. The molecule has 0 saturated heterocycles. The molecule has 0 aliphatic heterocycles. The molecule has 8 heteroatoms. The normalized spacial score (nSPS) is 10.1. The van der Waals surface area contributed by atoms with Gasteiger partial charge < -0.3 is 4.74 Å². The molecule has 0 radical (unpaired) electrons. The number of carbonyl (C=O) groups is 2. The summed E-state index contributed by atoms with van der Waals surface area (Å²) in [5.74, 6) is -0.192. The summed E-state index contributed by atoms with van der Waals surface area (Å²) in [5, 5.41) is 10.8. The molecule has 6 nitrogen and oxygen atoms in total. The zero-order chi connectivity index (χ0) is 13.7. The number of nitro groups is 1. The number of ether oxygens (including phenoxy) is 1. The Morgan fingerprint density at radius 3 is 2.72 bits per heavy atom. The van der Waals surface area contributed by atoms with Crippen LogP contribution in [0.5, 0.6) is 0 Å². The number of hydrogen-bond donors (Lipinski definition) is 0. The molecule has 98 valence electrons. The smallest absolute Gasteiger partial charge is 0.306 e. The van der Waals surface area contributed by atoms with E-state index in [0.29, 0.717) is 14.8 Å². The molecule has 0 amide bonds. The molecule has 0 spiro atoms. The van der Waals surface area contributed by atoms with Gasteiger partial charge in [-0.05, 0) is 6.92 Å². The van der Waals surface area contributed by atoms with Gasteiger partial charge in [0.2, 0.25) is 0 Å². The summed E-state index contributed by atoms with van der Waals surface area (Å²) in [6.45, 7) is 1.36. The maximum absolute atomic E-state index is 11.2. The van der Waals surface area contributed by atoms with E-state index in [1.807, 2.05) is 0 Å². The van der Waals surface area contributed by atoms with Crippen molar-refractivity contribution in [1.82, 2.24) is 0 Å². The predicted molar refractivity (Wildman–Crippen MR) is 68.3 cm³/mol. The van der Waals surface area contributed by atoms with Gasteiger partial charge in [-0.2, -0.15) is 0 Å². The summed E-state index contributed by atoms with van der Waals surface area (Å²) in [6, 6.07) is 1.27. The van der Waals surface area contributed by atoms with E-state index < -0.39 is 4.92 Å². The minimum absolute atomic E-state index is 0.0833. The number of methoxy groups -OCH3 is 1. The monoisotopic (exact) mass is 289 g/mol. The lowest BCUT2D eigenvalue weighted by molar-refractivity contribution is -0.387. The second-order valence-corrected chi connectivity index (χ2v) is 5.69. The average Bonchev–Trinajstić information content (AvgIpc) is 2.73. The lowest BCUT2D eigenvalue weighted by atomic mass is 10.3. The van der Waals surface area contributed by atoms with Crippen LogP contribution in [-0.2, 0) is 9.53 Å². The van der Waals surface area contributed by atoms with E-state index in [4.69, 9.17) is 0 Å². The van der Waals surface area contributed by atoms with Crippen LogP contribution in [-0.4, -0.2) is 29.5 Å². The Labute approximate surface area is 111 Å². The van der Waals surface area contributed by atoms with E-state index in [9.17, 15) is 19.7 Å². The molecule has 0 aliphatic rings. The van der Waals surface area contributed by atoms with Gasteiger partial charge in [0.1, 0.15) is 4.21 Å². The topological polar surface area (TPSA) is 86.5 Å². The van der Waals surface area contributed by atoms with Crippen molar-refractivity contribution >= 4 is 40.5 Å². The van der Waals surface area contributed by atoms with Crippen LogP contribution in [0.15, 0.2) is 10.3 Å². The Morgan fingerprint density at radius 2 is 2.22 bits per heavy atom. The second-order valence-electron chi connectivity index (χ2n) is 3.27. The first-order valence-corrected chi connectivity index (χ1v) is 6.74. The average molecular weight is 289 g/mol. The van der Waals surface area contributed by atoms with Crippen molar-refractivity contribution in [2.24, 2.45) is 0 Å². The number of Topliss-reactive ketones (excluding diaryl/α,β-unsaturated/α-hetero) is 1. The van der Waals surface area contributed by atoms with E-state index in [1.54, 1.807) is 0 Å². The molecule has 0 bridgehead atoms. The number of esters is 1. The van der Waals surface area contributed by atoms with E-state index in [2.05, 4.69) is 4.74 Å². The van der Waals surface area contributed by atoms with Crippen molar-refractivity contribution in [3.8, 4) is 0 Å². The lowest BCUT2D eigenvalue weighted by Gasteiger charge is -1.98. The zero-order valence-corrected chi connectivity index (χ0v) is 11.4. The van der Waals surface area contributed by atoms with Gasteiger partial charge in [0.05, 0.1) is 23.3 Å². The van der Waals surface area contributed by atoms with Crippen molar-refractivity contribution in [2.75, 3.05) is 12.9 Å². The highest BCUT2D eigenvalue weighted by Gasteiger charge is 2.21. The third kappa shape index (κ3) is 3.81. The first kappa shape index (κ1) is 14.7. The van der Waals surface area contributed by atoms with Crippen molar-refractivity contribution in [3.63, 3.8) is 0 Å². The van der Waals surface area contributed by atoms with E-state index >= 15 is 0 Å². The second kappa shape index (κ2) is 6.50. The highest BCUT2D eigenvalue weighted by molar-refractivity contribution is 8.01. The lowest BCUT2D eigenvalue weighted by Crippen LogP contribution is -2.00. The maximum Gasteiger partial charge on any atom is 0.306 e. The summed E-state index contributed by atoms with van der Waals surface area (Å²) in [5.41, 5.74) is -0.0833. The van der Waals surface area contributed by atoms with Gasteiger partial charge in [0.15, 0.2) is 5.78 Å². The summed E-state index contributed by atoms with van der Waals surface area (Å²) >= 11 is 2.26. The van der Waals surface area contributed by atoms with Crippen LogP contribution in [0, 0.1) is 10.1 Å². The summed E-state index contributed by atoms with van der Waals surface area (Å²) in [4.78, 5) is 32.7. The molecule has 0 N–H and O–H groups in total. The van der Waals surface area contributed by atoms with Gasteiger partial charge in [-0.15, -0.1) is 23.1 Å². The SMILES string of the molecule is COC(=O)CCSc1sc(C(C)=O)cc1[N+](=O)[O-]. The fraction of sp³-hybridized carbons (Fsp3) is 0.400. The molecular weight excluding hydrogens is 278 g/mol. The quantitative estimate of drug-likeness (QED) is 0.263. The maximum atomic E-state index is 11.2. The number of ketones is 1. The summed E-state index contributed by atoms with van der Waals surface area (Å²) < 4.78 is 4.91. The Bertz CT molecular complexity index is 483. The Morgan fingerprint density at radius 1 is 1.56 bits per heavy atom. The van der Waals surface area contributed by atoms with Gasteiger partial charge in [0, 0.05) is 11.8 Å². The number of carbonyl (C=O) groups excluding carboxylic acids is 2. The Hall–Kier alpha value is -1.41. The molecule has 0 aromatic carbocycles. The van der Waals surface area contributed by atoms with Crippen molar-refractivity contribution in [3.05, 3.63) is 21.1 Å². The molecule has 0 fully saturated rings. The predicted octanol–water partition coefficient (Wildman–Crippen LogP) is 2.51. The molecule has 0 unspecified atom stereocenters. The highest BCUT2D eigenvalue weighted by Crippen LogP contribution is 2.38. The van der Waals surface area contributed by atoms with Crippen LogP contribution < -0.4 is 0 Å². The largest absolute Gasteiger partial charge is 0.469 e. The van der Waals surface area contributed by atoms with Gasteiger partial charge in [-0.1, -0.05) is 0 Å². The summed E-state index contributed by atoms with van der Waals surface area (Å²) in [7, 11) is 1.29. The van der Waals surface area contributed by atoms with Crippen molar-refractivity contribution in [2.45, 2.75) is 17.6 Å². The zero-order valence-electron chi connectivity index (χ0n) is 9.80. The number of hydrogen-bond acceptors (Lipinski definition) is 7. The molecule has 0 aliphatic carbocycles. The third-order valence-electron chi connectivity index (χ3n) is 1.99. The van der Waals surface area contributed by atoms with Gasteiger partial charge in [-0.25, -0.2) is 0 Å². The van der Waals surface area contributed by atoms with E-state index in [-0.39, 0.29) is 23.9 Å². The number of nitrogens with zero attached hydrogens (tertiary/aromatic N) is 1. The molecule has 0 saturated carbocycles. The summed E-state index contributed by atoms with van der Waals surface area (Å²) in [6.07, 6.45) is 0.172. The van der Waals surface area contributed by atoms with Crippen LogP contribution in [0.2, 0.25) is 0 Å².